The molecule has 3 heteroatoms. The van der Waals surface area contributed by atoms with E-state index in [2.05, 4.69) is 4.98 Å². The lowest BCUT2D eigenvalue weighted by Gasteiger charge is -2.09. The van der Waals surface area contributed by atoms with Crippen LogP contribution in [0.25, 0.3) is 0 Å². The molecule has 2 heterocycles. The Labute approximate surface area is 93.2 Å². The van der Waals surface area contributed by atoms with Crippen molar-refractivity contribution >= 4 is 11.3 Å². The lowest BCUT2D eigenvalue weighted by molar-refractivity contribution is 0.180. The first-order chi connectivity index (χ1) is 7.27. The van der Waals surface area contributed by atoms with Crippen molar-refractivity contribution in [1.82, 2.24) is 4.98 Å². The number of rotatable bonds is 3. The minimum absolute atomic E-state index is 0.431. The topological polar surface area (TPSA) is 33.1 Å². The fourth-order valence-electron chi connectivity index (χ4n) is 1.54. The Balaban J connectivity index is 2.11. The lowest BCUT2D eigenvalue weighted by Crippen LogP contribution is -2.02. The minimum atomic E-state index is -0.431. The Kier molecular flexibility index (Phi) is 3.14. The predicted molar refractivity (Wildman–Crippen MR) is 62.0 cm³/mol. The summed E-state index contributed by atoms with van der Waals surface area (Å²) in [5.74, 6) is 0. The summed E-state index contributed by atoms with van der Waals surface area (Å²) in [5, 5.41) is 12.0. The van der Waals surface area contributed by atoms with Gasteiger partial charge in [0.05, 0.1) is 6.10 Å². The van der Waals surface area contributed by atoms with Gasteiger partial charge < -0.3 is 5.11 Å². The summed E-state index contributed by atoms with van der Waals surface area (Å²) in [6, 6.07) is 7.79. The standard InChI is InChI=1S/C12H13NOS/c1-9-5-7-15-12(9)11(14)8-10-4-2-3-6-13-10/h2-7,11,14H,8H2,1H3. The first-order valence-corrected chi connectivity index (χ1v) is 5.77. The molecule has 2 nitrogen and oxygen atoms in total. The molecular weight excluding hydrogens is 206 g/mol. The molecule has 0 amide bonds. The highest BCUT2D eigenvalue weighted by molar-refractivity contribution is 7.10. The van der Waals surface area contributed by atoms with Gasteiger partial charge in [0, 0.05) is 23.2 Å². The van der Waals surface area contributed by atoms with Crippen molar-refractivity contribution in [2.45, 2.75) is 19.4 Å². The van der Waals surface area contributed by atoms with E-state index in [0.717, 1.165) is 16.1 Å². The second-order valence-corrected chi connectivity index (χ2v) is 4.46. The molecule has 0 saturated heterocycles. The van der Waals surface area contributed by atoms with Gasteiger partial charge >= 0.3 is 0 Å². The number of hydrogen-bond donors (Lipinski definition) is 1. The number of hydrogen-bond acceptors (Lipinski definition) is 3. The summed E-state index contributed by atoms with van der Waals surface area (Å²) in [5.41, 5.74) is 2.08. The second kappa shape index (κ2) is 4.55. The van der Waals surface area contributed by atoms with Gasteiger partial charge in [0.2, 0.25) is 0 Å². The smallest absolute Gasteiger partial charge is 0.0939 e. The van der Waals surface area contributed by atoms with Gasteiger partial charge in [0.25, 0.3) is 0 Å². The summed E-state index contributed by atoms with van der Waals surface area (Å²) in [6.45, 7) is 2.02. The zero-order chi connectivity index (χ0) is 10.7. The molecule has 78 valence electrons. The second-order valence-electron chi connectivity index (χ2n) is 3.51. The summed E-state index contributed by atoms with van der Waals surface area (Å²) < 4.78 is 0. The predicted octanol–water partition coefficient (Wildman–Crippen LogP) is 2.73. The van der Waals surface area contributed by atoms with E-state index in [0.29, 0.717) is 6.42 Å². The molecule has 2 rings (SSSR count). The average molecular weight is 219 g/mol. The normalized spacial score (nSPS) is 12.7. The highest BCUT2D eigenvalue weighted by atomic mass is 32.1. The van der Waals surface area contributed by atoms with E-state index in [1.54, 1.807) is 17.5 Å². The van der Waals surface area contributed by atoms with Gasteiger partial charge in [-0.1, -0.05) is 6.07 Å². The van der Waals surface area contributed by atoms with E-state index < -0.39 is 6.10 Å². The first kappa shape index (κ1) is 10.3. The molecular formula is C12H13NOS. The Hall–Kier alpha value is -1.19. The highest BCUT2D eigenvalue weighted by Crippen LogP contribution is 2.25. The quantitative estimate of drug-likeness (QED) is 0.861. The SMILES string of the molecule is Cc1ccsc1C(O)Cc1ccccn1. The number of aliphatic hydroxyl groups is 1. The van der Waals surface area contributed by atoms with Crippen LogP contribution in [0.2, 0.25) is 0 Å². The third kappa shape index (κ3) is 2.43. The van der Waals surface area contributed by atoms with E-state index >= 15 is 0 Å². The van der Waals surface area contributed by atoms with E-state index in [4.69, 9.17) is 0 Å². The van der Waals surface area contributed by atoms with E-state index in [1.165, 1.54) is 0 Å². The van der Waals surface area contributed by atoms with Crippen LogP contribution >= 0.6 is 11.3 Å². The maximum atomic E-state index is 10.0. The van der Waals surface area contributed by atoms with Gasteiger partial charge in [-0.05, 0) is 36.1 Å². The van der Waals surface area contributed by atoms with Gasteiger partial charge in [-0.25, -0.2) is 0 Å². The molecule has 2 aromatic rings. The fraction of sp³-hybridized carbons (Fsp3) is 0.250. The summed E-state index contributed by atoms with van der Waals surface area (Å²) in [4.78, 5) is 5.25. The molecule has 0 fully saturated rings. The van der Waals surface area contributed by atoms with Crippen LogP contribution in [0, 0.1) is 6.92 Å². The highest BCUT2D eigenvalue weighted by Gasteiger charge is 2.12. The van der Waals surface area contributed by atoms with Crippen LogP contribution in [0.5, 0.6) is 0 Å². The minimum Gasteiger partial charge on any atom is -0.387 e. The molecule has 1 unspecified atom stereocenters. The van der Waals surface area contributed by atoms with Crippen molar-refractivity contribution in [3.63, 3.8) is 0 Å². The molecule has 1 N–H and O–H groups in total. The molecule has 0 aliphatic carbocycles. The van der Waals surface area contributed by atoms with E-state index in [-0.39, 0.29) is 0 Å². The monoisotopic (exact) mass is 219 g/mol. The summed E-state index contributed by atoms with van der Waals surface area (Å²) >= 11 is 1.60. The van der Waals surface area contributed by atoms with Crippen LogP contribution in [-0.4, -0.2) is 10.1 Å². The van der Waals surface area contributed by atoms with Crippen LogP contribution in [0.1, 0.15) is 22.2 Å². The van der Waals surface area contributed by atoms with Crippen molar-refractivity contribution in [1.29, 1.82) is 0 Å². The van der Waals surface area contributed by atoms with Gasteiger partial charge in [-0.15, -0.1) is 11.3 Å². The number of aryl methyl sites for hydroxylation is 1. The number of pyridine rings is 1. The molecule has 0 spiro atoms. The number of aliphatic hydroxyl groups excluding tert-OH is 1. The Bertz CT molecular complexity index is 424. The Morgan fingerprint density at radius 2 is 2.27 bits per heavy atom. The van der Waals surface area contributed by atoms with Crippen LogP contribution in [0.15, 0.2) is 35.8 Å². The molecule has 0 aromatic carbocycles. The number of thiophene rings is 1. The molecule has 0 radical (unpaired) electrons. The molecule has 1 atom stereocenters. The van der Waals surface area contributed by atoms with Crippen LogP contribution < -0.4 is 0 Å². The molecule has 0 aliphatic rings. The Morgan fingerprint density at radius 1 is 1.40 bits per heavy atom. The van der Waals surface area contributed by atoms with Gasteiger partial charge in [0.15, 0.2) is 0 Å². The van der Waals surface area contributed by atoms with Crippen LogP contribution in [-0.2, 0) is 6.42 Å². The molecule has 0 saturated carbocycles. The van der Waals surface area contributed by atoms with Gasteiger partial charge in [-0.3, -0.25) is 4.98 Å². The number of nitrogens with zero attached hydrogens (tertiary/aromatic N) is 1. The molecule has 15 heavy (non-hydrogen) atoms. The lowest BCUT2D eigenvalue weighted by atomic mass is 10.1. The van der Waals surface area contributed by atoms with Crippen molar-refractivity contribution in [3.8, 4) is 0 Å². The van der Waals surface area contributed by atoms with Crippen LogP contribution in [0.4, 0.5) is 0 Å². The first-order valence-electron chi connectivity index (χ1n) is 4.89. The van der Waals surface area contributed by atoms with Gasteiger partial charge in [-0.2, -0.15) is 0 Å². The van der Waals surface area contributed by atoms with E-state index in [9.17, 15) is 5.11 Å². The maximum absolute atomic E-state index is 10.0. The number of aromatic nitrogens is 1. The average Bonchev–Trinajstić information content (AvgIpc) is 2.66. The summed E-state index contributed by atoms with van der Waals surface area (Å²) in [7, 11) is 0. The Morgan fingerprint density at radius 3 is 2.87 bits per heavy atom. The fourth-order valence-corrected chi connectivity index (χ4v) is 2.45. The molecule has 0 bridgehead atoms. The zero-order valence-corrected chi connectivity index (χ0v) is 9.37. The van der Waals surface area contributed by atoms with Crippen molar-refractivity contribution in [3.05, 3.63) is 52.0 Å². The van der Waals surface area contributed by atoms with Crippen molar-refractivity contribution in [2.24, 2.45) is 0 Å². The largest absolute Gasteiger partial charge is 0.387 e. The maximum Gasteiger partial charge on any atom is 0.0939 e. The van der Waals surface area contributed by atoms with Gasteiger partial charge in [0.1, 0.15) is 0 Å². The molecule has 2 aromatic heterocycles. The molecule has 0 aliphatic heterocycles. The third-order valence-electron chi connectivity index (χ3n) is 2.33. The third-order valence-corrected chi connectivity index (χ3v) is 3.45. The zero-order valence-electron chi connectivity index (χ0n) is 8.55. The van der Waals surface area contributed by atoms with Crippen molar-refractivity contribution < 1.29 is 5.11 Å². The van der Waals surface area contributed by atoms with E-state index in [1.807, 2.05) is 36.6 Å². The van der Waals surface area contributed by atoms with Crippen molar-refractivity contribution in [2.75, 3.05) is 0 Å². The van der Waals surface area contributed by atoms with Crippen LogP contribution in [0.3, 0.4) is 0 Å². The summed E-state index contributed by atoms with van der Waals surface area (Å²) in [6.07, 6.45) is 1.91.